The second-order valence-corrected chi connectivity index (χ2v) is 7.79. The molecule has 0 nitrogen and oxygen atoms in total. The van der Waals surface area contributed by atoms with Gasteiger partial charge in [0.05, 0.1) is 0 Å². The maximum Gasteiger partial charge on any atom is -0.0159 e. The van der Waals surface area contributed by atoms with Crippen LogP contribution in [0, 0.1) is 11.8 Å². The largest absolute Gasteiger partial charge is 0.0623 e. The van der Waals surface area contributed by atoms with Gasteiger partial charge in [0.1, 0.15) is 0 Å². The van der Waals surface area contributed by atoms with Crippen LogP contribution >= 0.6 is 0 Å². The summed E-state index contributed by atoms with van der Waals surface area (Å²) in [6, 6.07) is 0. The predicted octanol–water partition coefficient (Wildman–Crippen LogP) is 8.23. The fourth-order valence-electron chi connectivity index (χ4n) is 4.01. The van der Waals surface area contributed by atoms with Gasteiger partial charge in [-0.05, 0) is 48.7 Å². The van der Waals surface area contributed by atoms with Crippen molar-refractivity contribution < 1.29 is 0 Å². The maximum atomic E-state index is 2.29. The van der Waals surface area contributed by atoms with Crippen molar-refractivity contribution in [1.29, 1.82) is 0 Å². The van der Waals surface area contributed by atoms with Crippen LogP contribution in [0.5, 0.6) is 0 Å². The minimum absolute atomic E-state index is 0.645. The van der Waals surface area contributed by atoms with Crippen LogP contribution in [0.3, 0.4) is 0 Å². The SMILES string of the molecule is C1=CC=CC=CC(CC2CCC(C3=CC=CC=CC=CC=CC=C3)C2)=CC=CC=C1. The lowest BCUT2D eigenvalue weighted by atomic mass is 9.92. The van der Waals surface area contributed by atoms with Crippen molar-refractivity contribution in [3.8, 4) is 0 Å². The van der Waals surface area contributed by atoms with Crippen molar-refractivity contribution in [3.05, 3.63) is 145 Å². The van der Waals surface area contributed by atoms with E-state index in [1.54, 1.807) is 0 Å². The fraction of sp³-hybridized carbons (Fsp3) is 0.200. The Morgan fingerprint density at radius 1 is 0.500 bits per heavy atom. The van der Waals surface area contributed by atoms with Crippen LogP contribution in [0.2, 0.25) is 0 Å². The predicted molar refractivity (Wildman–Crippen MR) is 133 cm³/mol. The average Bonchev–Trinajstić information content (AvgIpc) is 3.19. The fourth-order valence-corrected chi connectivity index (χ4v) is 4.01. The van der Waals surface area contributed by atoms with Gasteiger partial charge in [0, 0.05) is 0 Å². The first-order chi connectivity index (χ1) is 14.9. The van der Waals surface area contributed by atoms with E-state index in [9.17, 15) is 0 Å². The van der Waals surface area contributed by atoms with Crippen LogP contribution < -0.4 is 0 Å². The highest BCUT2D eigenvalue weighted by atomic mass is 14.3. The molecule has 0 aliphatic heterocycles. The summed E-state index contributed by atoms with van der Waals surface area (Å²) in [5.74, 6) is 1.38. The number of hydrogen-bond donors (Lipinski definition) is 0. The third-order valence-electron chi connectivity index (χ3n) is 5.51. The van der Waals surface area contributed by atoms with Crippen molar-refractivity contribution in [2.45, 2.75) is 25.7 Å². The highest BCUT2D eigenvalue weighted by Gasteiger charge is 2.26. The first-order valence-electron chi connectivity index (χ1n) is 11.0. The summed E-state index contributed by atoms with van der Waals surface area (Å²) < 4.78 is 0. The third kappa shape index (κ3) is 8.09. The van der Waals surface area contributed by atoms with Gasteiger partial charge < -0.3 is 0 Å². The van der Waals surface area contributed by atoms with Crippen LogP contribution in [0.1, 0.15) is 25.7 Å². The Labute approximate surface area is 182 Å². The molecule has 0 bridgehead atoms. The summed E-state index contributed by atoms with van der Waals surface area (Å²) >= 11 is 0. The third-order valence-corrected chi connectivity index (χ3v) is 5.51. The molecule has 152 valence electrons. The molecule has 0 aromatic carbocycles. The lowest BCUT2D eigenvalue weighted by Gasteiger charge is -2.13. The van der Waals surface area contributed by atoms with Crippen LogP contribution in [0.15, 0.2) is 145 Å². The second-order valence-electron chi connectivity index (χ2n) is 7.79. The standard InChI is InChI=1S/C30H32/c1-3-7-11-15-19-27(20-16-12-8-4-1)25-28-23-24-30(26-28)29-21-17-13-9-5-2-6-10-14-18-22-29/h1-22,28,30H,23-26H2. The maximum absolute atomic E-state index is 2.29. The molecule has 1 saturated carbocycles. The smallest absolute Gasteiger partial charge is 0.0159 e. The first kappa shape index (κ1) is 21.6. The van der Waals surface area contributed by atoms with Gasteiger partial charge in [0.25, 0.3) is 0 Å². The highest BCUT2D eigenvalue weighted by molar-refractivity contribution is 5.33. The Kier molecular flexibility index (Phi) is 9.47. The molecule has 0 amide bonds. The van der Waals surface area contributed by atoms with Crippen LogP contribution in [-0.4, -0.2) is 0 Å². The Morgan fingerprint density at radius 2 is 1.00 bits per heavy atom. The zero-order chi connectivity index (χ0) is 20.7. The van der Waals surface area contributed by atoms with Gasteiger partial charge in [-0.1, -0.05) is 134 Å². The van der Waals surface area contributed by atoms with E-state index in [4.69, 9.17) is 0 Å². The Morgan fingerprint density at radius 3 is 1.63 bits per heavy atom. The van der Waals surface area contributed by atoms with E-state index in [0.717, 1.165) is 12.3 Å². The van der Waals surface area contributed by atoms with Gasteiger partial charge in [-0.15, -0.1) is 0 Å². The van der Waals surface area contributed by atoms with E-state index < -0.39 is 0 Å². The molecule has 30 heavy (non-hydrogen) atoms. The van der Waals surface area contributed by atoms with E-state index in [0.29, 0.717) is 5.92 Å². The van der Waals surface area contributed by atoms with Crippen molar-refractivity contribution in [2.24, 2.45) is 11.8 Å². The summed E-state index contributed by atoms with van der Waals surface area (Å²) in [5.41, 5.74) is 2.85. The zero-order valence-corrected chi connectivity index (χ0v) is 17.7. The first-order valence-corrected chi connectivity index (χ1v) is 11.0. The van der Waals surface area contributed by atoms with Gasteiger partial charge in [-0.2, -0.15) is 0 Å². The van der Waals surface area contributed by atoms with Crippen LogP contribution in [0.4, 0.5) is 0 Å². The topological polar surface area (TPSA) is 0 Å². The van der Waals surface area contributed by atoms with Gasteiger partial charge in [0.15, 0.2) is 0 Å². The van der Waals surface area contributed by atoms with Crippen LogP contribution in [-0.2, 0) is 0 Å². The van der Waals surface area contributed by atoms with Gasteiger partial charge in [-0.25, -0.2) is 0 Å². The Balaban J connectivity index is 1.66. The lowest BCUT2D eigenvalue weighted by Crippen LogP contribution is -2.00. The quantitative estimate of drug-likeness (QED) is 0.453. The number of rotatable bonds is 3. The summed E-state index contributed by atoms with van der Waals surface area (Å²) in [7, 11) is 0. The molecule has 0 aromatic heterocycles. The summed E-state index contributed by atoms with van der Waals surface area (Å²) in [4.78, 5) is 0. The molecule has 2 unspecified atom stereocenters. The van der Waals surface area contributed by atoms with Gasteiger partial charge in [-0.3, -0.25) is 0 Å². The minimum Gasteiger partial charge on any atom is -0.0623 e. The molecule has 3 aliphatic rings. The Bertz CT molecular complexity index is 898. The van der Waals surface area contributed by atoms with Crippen LogP contribution in [0.25, 0.3) is 0 Å². The molecule has 3 aliphatic carbocycles. The van der Waals surface area contributed by atoms with Gasteiger partial charge >= 0.3 is 0 Å². The normalized spacial score (nSPS) is 24.1. The van der Waals surface area contributed by atoms with E-state index >= 15 is 0 Å². The second kappa shape index (κ2) is 13.2. The molecule has 0 heterocycles. The number of hydrogen-bond acceptors (Lipinski definition) is 0. The van der Waals surface area contributed by atoms with Crippen molar-refractivity contribution in [2.75, 3.05) is 0 Å². The monoisotopic (exact) mass is 392 g/mol. The van der Waals surface area contributed by atoms with E-state index in [1.165, 1.54) is 30.4 Å². The zero-order valence-electron chi connectivity index (χ0n) is 17.7. The van der Waals surface area contributed by atoms with Crippen molar-refractivity contribution in [3.63, 3.8) is 0 Å². The molecule has 0 aromatic rings. The minimum atomic E-state index is 0.645. The van der Waals surface area contributed by atoms with Gasteiger partial charge in [0.2, 0.25) is 0 Å². The molecule has 0 saturated heterocycles. The van der Waals surface area contributed by atoms with Crippen molar-refractivity contribution >= 4 is 0 Å². The Hall–Kier alpha value is -3.12. The molecule has 0 spiro atoms. The van der Waals surface area contributed by atoms with Crippen molar-refractivity contribution in [1.82, 2.24) is 0 Å². The summed E-state index contributed by atoms with van der Waals surface area (Å²) in [6.07, 6.45) is 51.8. The van der Waals surface area contributed by atoms with E-state index in [2.05, 4.69) is 122 Å². The molecule has 0 radical (unpaired) electrons. The molecule has 2 atom stereocenters. The molecule has 0 N–H and O–H groups in total. The molecule has 1 fully saturated rings. The number of allylic oxidation sites excluding steroid dienone is 24. The molecule has 3 rings (SSSR count). The average molecular weight is 393 g/mol. The molecular formula is C30H32. The summed E-state index contributed by atoms with van der Waals surface area (Å²) in [5, 5.41) is 0. The highest BCUT2D eigenvalue weighted by Crippen LogP contribution is 2.39. The molecule has 0 heteroatoms. The lowest BCUT2D eigenvalue weighted by molar-refractivity contribution is 0.527. The van der Waals surface area contributed by atoms with E-state index in [1.807, 2.05) is 12.2 Å². The van der Waals surface area contributed by atoms with E-state index in [-0.39, 0.29) is 0 Å². The summed E-state index contributed by atoms with van der Waals surface area (Å²) in [6.45, 7) is 0. The molecular weight excluding hydrogens is 360 g/mol.